The fourth-order valence-corrected chi connectivity index (χ4v) is 3.65. The Morgan fingerprint density at radius 1 is 0.639 bits per heavy atom. The second-order valence-electron chi connectivity index (χ2n) is 7.62. The third kappa shape index (κ3) is 9.27. The Balaban J connectivity index is 1.34. The van der Waals surface area contributed by atoms with Gasteiger partial charge in [-0.1, -0.05) is 44.0 Å². The molecule has 0 radical (unpaired) electrons. The van der Waals surface area contributed by atoms with Crippen LogP contribution in [0.3, 0.4) is 0 Å². The highest BCUT2D eigenvalue weighted by atomic mass is 79.9. The Labute approximate surface area is 225 Å². The minimum absolute atomic E-state index is 0.0754. The Bertz CT molecular complexity index is 1060. The summed E-state index contributed by atoms with van der Waals surface area (Å²) in [5.74, 6) is -0.129. The number of aliphatic hydroxyl groups is 2. The molecule has 2 unspecified atom stereocenters. The van der Waals surface area contributed by atoms with Gasteiger partial charge in [0.1, 0.15) is 50.1 Å². The molecule has 3 rings (SSSR count). The van der Waals surface area contributed by atoms with Crippen LogP contribution in [-0.2, 0) is 9.47 Å². The fourth-order valence-electron chi connectivity index (χ4n) is 2.85. The molecule has 0 saturated heterocycles. The lowest BCUT2D eigenvalue weighted by Crippen LogP contribution is -2.25. The Hall–Kier alpha value is -2.92. The normalized spacial score (nSPS) is 12.3. The summed E-state index contributed by atoms with van der Waals surface area (Å²) in [5, 5.41) is 20.1. The van der Waals surface area contributed by atoms with Crippen LogP contribution in [0.2, 0.25) is 0 Å². The molecule has 0 aliphatic carbocycles. The number of rotatable bonds is 12. The monoisotopic (exact) mass is 622 g/mol. The predicted molar refractivity (Wildman–Crippen MR) is 138 cm³/mol. The zero-order chi connectivity index (χ0) is 25.9. The van der Waals surface area contributed by atoms with Gasteiger partial charge in [0.05, 0.1) is 11.1 Å². The van der Waals surface area contributed by atoms with Crippen molar-refractivity contribution in [1.82, 2.24) is 0 Å². The molecule has 3 aromatic carbocycles. The number of halogens is 2. The van der Waals surface area contributed by atoms with Crippen molar-refractivity contribution in [1.29, 1.82) is 0 Å². The van der Waals surface area contributed by atoms with Crippen molar-refractivity contribution in [3.63, 3.8) is 0 Å². The number of ether oxygens (including phenoxy) is 4. The summed E-state index contributed by atoms with van der Waals surface area (Å²) in [5.41, 5.74) is 0.751. The van der Waals surface area contributed by atoms with Gasteiger partial charge in [0.2, 0.25) is 0 Å². The van der Waals surface area contributed by atoms with Crippen molar-refractivity contribution in [3.05, 3.63) is 92.9 Å². The van der Waals surface area contributed by atoms with Crippen LogP contribution in [0.4, 0.5) is 0 Å². The summed E-state index contributed by atoms with van der Waals surface area (Å²) in [7, 11) is 0. The first-order valence-corrected chi connectivity index (χ1v) is 12.5. The maximum Gasteiger partial charge on any atom is 0.338 e. The molecule has 2 N–H and O–H groups in total. The summed E-state index contributed by atoms with van der Waals surface area (Å²) in [6, 6.07) is 20.1. The lowest BCUT2D eigenvalue weighted by atomic mass is 10.2. The zero-order valence-electron chi connectivity index (χ0n) is 19.0. The van der Waals surface area contributed by atoms with Crippen LogP contribution in [0.15, 0.2) is 81.7 Å². The van der Waals surface area contributed by atoms with Crippen LogP contribution < -0.4 is 9.47 Å². The van der Waals surface area contributed by atoms with E-state index < -0.39 is 24.1 Å². The molecule has 0 fully saturated rings. The molecule has 8 nitrogen and oxygen atoms in total. The van der Waals surface area contributed by atoms with Crippen LogP contribution in [0, 0.1) is 0 Å². The third-order valence-electron chi connectivity index (χ3n) is 4.64. The summed E-state index contributed by atoms with van der Waals surface area (Å²) < 4.78 is 22.7. The van der Waals surface area contributed by atoms with Gasteiger partial charge >= 0.3 is 11.9 Å². The Morgan fingerprint density at radius 3 is 1.39 bits per heavy atom. The highest BCUT2D eigenvalue weighted by molar-refractivity contribution is 9.10. The molecular formula is C26H24Br2O8. The van der Waals surface area contributed by atoms with Gasteiger partial charge in [-0.2, -0.15) is 0 Å². The molecule has 3 aromatic rings. The number of aliphatic hydroxyl groups excluding tert-OH is 2. The molecule has 10 heteroatoms. The number of hydrogen-bond donors (Lipinski definition) is 2. The third-order valence-corrected chi connectivity index (χ3v) is 5.63. The average Bonchev–Trinajstić information content (AvgIpc) is 2.88. The van der Waals surface area contributed by atoms with Crippen molar-refractivity contribution in [2.24, 2.45) is 0 Å². The number of carbonyl (C=O) groups excluding carboxylic acids is 2. The van der Waals surface area contributed by atoms with Crippen LogP contribution in [0.5, 0.6) is 11.5 Å². The number of esters is 2. The predicted octanol–water partition coefficient (Wildman–Crippen LogP) is 4.41. The van der Waals surface area contributed by atoms with E-state index in [1.54, 1.807) is 72.8 Å². The minimum Gasteiger partial charge on any atom is -0.491 e. The van der Waals surface area contributed by atoms with E-state index in [0.717, 1.165) is 8.95 Å². The van der Waals surface area contributed by atoms with E-state index in [4.69, 9.17) is 18.9 Å². The summed E-state index contributed by atoms with van der Waals surface area (Å²) in [6.45, 7) is -0.574. The first-order valence-electron chi connectivity index (χ1n) is 10.9. The van der Waals surface area contributed by atoms with Gasteiger partial charge in [0.15, 0.2) is 0 Å². The Kier molecular flexibility index (Phi) is 10.7. The van der Waals surface area contributed by atoms with Gasteiger partial charge in [0, 0.05) is 8.95 Å². The van der Waals surface area contributed by atoms with E-state index in [-0.39, 0.29) is 26.4 Å². The molecule has 0 saturated carbocycles. The molecule has 0 heterocycles. The van der Waals surface area contributed by atoms with Gasteiger partial charge in [-0.05, 0) is 60.7 Å². The molecule has 36 heavy (non-hydrogen) atoms. The molecule has 0 aromatic heterocycles. The van der Waals surface area contributed by atoms with Gasteiger partial charge in [-0.3, -0.25) is 0 Å². The maximum atomic E-state index is 12.0. The highest BCUT2D eigenvalue weighted by Gasteiger charge is 2.14. The lowest BCUT2D eigenvalue weighted by Gasteiger charge is -2.14. The topological polar surface area (TPSA) is 112 Å². The summed E-state index contributed by atoms with van der Waals surface area (Å²) in [6.07, 6.45) is -2.02. The van der Waals surface area contributed by atoms with Crippen molar-refractivity contribution in [3.8, 4) is 11.5 Å². The second kappa shape index (κ2) is 14.0. The average molecular weight is 624 g/mol. The number of benzene rings is 3. The van der Waals surface area contributed by atoms with Crippen LogP contribution in [0.25, 0.3) is 0 Å². The summed E-state index contributed by atoms with van der Waals surface area (Å²) >= 11 is 6.57. The molecule has 0 spiro atoms. The van der Waals surface area contributed by atoms with Crippen LogP contribution in [-0.4, -0.2) is 60.8 Å². The number of carbonyl (C=O) groups is 2. The summed E-state index contributed by atoms with van der Waals surface area (Å²) in [4.78, 5) is 24.0. The maximum absolute atomic E-state index is 12.0. The van der Waals surface area contributed by atoms with E-state index in [1.807, 2.05) is 0 Å². The van der Waals surface area contributed by atoms with Gasteiger partial charge in [-0.15, -0.1) is 0 Å². The first-order chi connectivity index (χ1) is 17.3. The fraction of sp³-hybridized carbons (Fsp3) is 0.231. The SMILES string of the molecule is O=C(OCC(O)COc1ccc(OCC(O)COC(=O)c2cccc(Br)c2)cc1)c1cccc(Br)c1. The van der Waals surface area contributed by atoms with Gasteiger partial charge in [-0.25, -0.2) is 9.59 Å². The standard InChI is InChI=1S/C26H24Br2O8/c27-19-5-1-3-17(11-19)25(31)35-15-21(29)13-33-23-7-9-24(10-8-23)34-14-22(30)16-36-26(32)18-4-2-6-20(28)12-18/h1-12,21-22,29-30H,13-16H2. The second-order valence-corrected chi connectivity index (χ2v) is 9.45. The molecule has 0 bridgehead atoms. The quantitative estimate of drug-likeness (QED) is 0.286. The Morgan fingerprint density at radius 2 is 1.03 bits per heavy atom. The molecule has 0 aliphatic rings. The molecule has 190 valence electrons. The minimum atomic E-state index is -1.01. The first kappa shape index (κ1) is 27.7. The van der Waals surface area contributed by atoms with E-state index in [9.17, 15) is 19.8 Å². The molecule has 0 amide bonds. The lowest BCUT2D eigenvalue weighted by molar-refractivity contribution is 0.0123. The van der Waals surface area contributed by atoms with Crippen LogP contribution in [0.1, 0.15) is 20.7 Å². The van der Waals surface area contributed by atoms with Crippen LogP contribution >= 0.6 is 31.9 Å². The van der Waals surface area contributed by atoms with Crippen molar-refractivity contribution >= 4 is 43.8 Å². The molecule has 0 aliphatic heterocycles. The zero-order valence-corrected chi connectivity index (χ0v) is 22.2. The van der Waals surface area contributed by atoms with E-state index in [2.05, 4.69) is 31.9 Å². The van der Waals surface area contributed by atoms with E-state index >= 15 is 0 Å². The van der Waals surface area contributed by atoms with Gasteiger partial charge in [0.25, 0.3) is 0 Å². The van der Waals surface area contributed by atoms with Gasteiger partial charge < -0.3 is 29.2 Å². The van der Waals surface area contributed by atoms with E-state index in [0.29, 0.717) is 22.6 Å². The van der Waals surface area contributed by atoms with Crippen molar-refractivity contribution in [2.75, 3.05) is 26.4 Å². The molecule has 2 atom stereocenters. The molecular weight excluding hydrogens is 600 g/mol. The number of hydrogen-bond acceptors (Lipinski definition) is 8. The largest absolute Gasteiger partial charge is 0.491 e. The van der Waals surface area contributed by atoms with E-state index in [1.165, 1.54) is 0 Å². The van der Waals surface area contributed by atoms with Crippen molar-refractivity contribution in [2.45, 2.75) is 12.2 Å². The van der Waals surface area contributed by atoms with Crippen molar-refractivity contribution < 1.29 is 38.7 Å². The highest BCUT2D eigenvalue weighted by Crippen LogP contribution is 2.18. The smallest absolute Gasteiger partial charge is 0.338 e.